The Morgan fingerprint density at radius 2 is 2.29 bits per heavy atom. The number of nitrogen functional groups attached to an aromatic ring is 1. The van der Waals surface area contributed by atoms with Crippen molar-refractivity contribution in [1.82, 2.24) is 0 Å². The van der Waals surface area contributed by atoms with Gasteiger partial charge in [0.1, 0.15) is 12.4 Å². The summed E-state index contributed by atoms with van der Waals surface area (Å²) in [6.45, 7) is 0.271. The number of benzene rings is 1. The van der Waals surface area contributed by atoms with Crippen molar-refractivity contribution in [2.45, 2.75) is 0 Å². The number of nitro groups is 1. The van der Waals surface area contributed by atoms with Gasteiger partial charge < -0.3 is 10.5 Å². The minimum absolute atomic E-state index is 0.0302. The molecule has 0 aliphatic carbocycles. The Balaban J connectivity index is 2.95. The molecule has 0 fully saturated rings. The summed E-state index contributed by atoms with van der Waals surface area (Å²) in [5.41, 5.74) is 5.39. The number of anilines is 1. The van der Waals surface area contributed by atoms with E-state index in [1.54, 1.807) is 6.07 Å². The van der Waals surface area contributed by atoms with Gasteiger partial charge in [0, 0.05) is 6.07 Å². The maximum atomic E-state index is 10.5. The lowest BCUT2D eigenvalue weighted by molar-refractivity contribution is -0.384. The lowest BCUT2D eigenvalue weighted by Gasteiger charge is -2.06. The van der Waals surface area contributed by atoms with Gasteiger partial charge in [0.15, 0.2) is 5.69 Å². The van der Waals surface area contributed by atoms with Crippen molar-refractivity contribution in [3.05, 3.63) is 28.3 Å². The molecule has 1 rings (SSSR count). The maximum Gasteiger partial charge on any atom is 0.295 e. The highest BCUT2D eigenvalue weighted by Crippen LogP contribution is 2.30. The Morgan fingerprint density at radius 3 is 2.86 bits per heavy atom. The number of halogens is 1. The summed E-state index contributed by atoms with van der Waals surface area (Å²) in [6.07, 6.45) is 0. The number of nitro benzene ring substituents is 1. The first-order valence-corrected chi connectivity index (χ1v) is 4.42. The molecule has 0 atom stereocenters. The molecule has 0 aromatic heterocycles. The number of para-hydroxylation sites is 1. The molecule has 0 heterocycles. The fourth-order valence-electron chi connectivity index (χ4n) is 0.966. The van der Waals surface area contributed by atoms with Crippen molar-refractivity contribution in [2.24, 2.45) is 0 Å². The molecule has 0 spiro atoms. The number of ether oxygens (including phenoxy) is 1. The molecule has 1 aromatic carbocycles. The molecule has 0 amide bonds. The van der Waals surface area contributed by atoms with Gasteiger partial charge in [0.2, 0.25) is 0 Å². The highest BCUT2D eigenvalue weighted by atomic mass is 35.5. The van der Waals surface area contributed by atoms with Crippen LogP contribution in [0.4, 0.5) is 11.4 Å². The Kier molecular flexibility index (Phi) is 3.53. The number of alkyl halides is 1. The van der Waals surface area contributed by atoms with E-state index >= 15 is 0 Å². The summed E-state index contributed by atoms with van der Waals surface area (Å²) in [7, 11) is 0. The third kappa shape index (κ3) is 2.26. The SMILES string of the molecule is Nc1c(OCCCl)cccc1[N+](=O)[O-]. The van der Waals surface area contributed by atoms with Gasteiger partial charge in [0.25, 0.3) is 5.69 Å². The Morgan fingerprint density at radius 1 is 1.57 bits per heavy atom. The molecule has 76 valence electrons. The van der Waals surface area contributed by atoms with Crippen molar-refractivity contribution in [2.75, 3.05) is 18.2 Å². The minimum Gasteiger partial charge on any atom is -0.490 e. The summed E-state index contributed by atoms with van der Waals surface area (Å²) in [6, 6.07) is 4.40. The number of rotatable bonds is 4. The highest BCUT2D eigenvalue weighted by molar-refractivity contribution is 6.18. The van der Waals surface area contributed by atoms with Crippen molar-refractivity contribution in [3.8, 4) is 5.75 Å². The predicted octanol–water partition coefficient (Wildman–Crippen LogP) is 1.79. The van der Waals surface area contributed by atoms with Crippen LogP contribution < -0.4 is 10.5 Å². The second-order valence-electron chi connectivity index (χ2n) is 2.48. The first-order chi connectivity index (χ1) is 6.66. The lowest BCUT2D eigenvalue weighted by atomic mass is 10.2. The zero-order chi connectivity index (χ0) is 10.6. The molecule has 0 aliphatic heterocycles. The van der Waals surface area contributed by atoms with E-state index in [-0.39, 0.29) is 18.0 Å². The second kappa shape index (κ2) is 4.66. The quantitative estimate of drug-likeness (QED) is 0.360. The molecule has 5 nitrogen and oxygen atoms in total. The third-order valence-electron chi connectivity index (χ3n) is 1.57. The van der Waals surface area contributed by atoms with Gasteiger partial charge in [-0.15, -0.1) is 11.6 Å². The molecular formula is C8H9ClN2O3. The van der Waals surface area contributed by atoms with Crippen molar-refractivity contribution < 1.29 is 9.66 Å². The zero-order valence-electron chi connectivity index (χ0n) is 7.27. The van der Waals surface area contributed by atoms with Crippen molar-refractivity contribution in [1.29, 1.82) is 0 Å². The van der Waals surface area contributed by atoms with Crippen LogP contribution in [-0.4, -0.2) is 17.4 Å². The summed E-state index contributed by atoms with van der Waals surface area (Å²) in [4.78, 5) is 9.94. The largest absolute Gasteiger partial charge is 0.490 e. The Hall–Kier alpha value is -1.49. The normalized spacial score (nSPS) is 9.79. The van der Waals surface area contributed by atoms with Gasteiger partial charge in [0.05, 0.1) is 10.8 Å². The Labute approximate surface area is 85.6 Å². The van der Waals surface area contributed by atoms with E-state index in [4.69, 9.17) is 22.1 Å². The molecule has 2 N–H and O–H groups in total. The molecule has 0 unspecified atom stereocenters. The molecule has 0 bridgehead atoms. The van der Waals surface area contributed by atoms with Crippen LogP contribution in [0.3, 0.4) is 0 Å². The van der Waals surface area contributed by atoms with Crippen LogP contribution in [0.1, 0.15) is 0 Å². The van der Waals surface area contributed by atoms with Crippen LogP contribution in [0.15, 0.2) is 18.2 Å². The van der Waals surface area contributed by atoms with E-state index in [0.717, 1.165) is 0 Å². The van der Waals surface area contributed by atoms with Crippen molar-refractivity contribution >= 4 is 23.0 Å². The van der Waals surface area contributed by atoms with Crippen LogP contribution in [0, 0.1) is 10.1 Å². The van der Waals surface area contributed by atoms with Crippen molar-refractivity contribution in [3.63, 3.8) is 0 Å². The van der Waals surface area contributed by atoms with E-state index in [2.05, 4.69) is 0 Å². The predicted molar refractivity (Wildman–Crippen MR) is 53.7 cm³/mol. The molecule has 0 aliphatic rings. The van der Waals surface area contributed by atoms with E-state index in [0.29, 0.717) is 11.6 Å². The average Bonchev–Trinajstić information content (AvgIpc) is 2.16. The van der Waals surface area contributed by atoms with E-state index < -0.39 is 4.92 Å². The highest BCUT2D eigenvalue weighted by Gasteiger charge is 2.14. The van der Waals surface area contributed by atoms with Crippen LogP contribution in [0.2, 0.25) is 0 Å². The number of nitrogens with two attached hydrogens (primary N) is 1. The van der Waals surface area contributed by atoms with E-state index in [9.17, 15) is 10.1 Å². The van der Waals surface area contributed by atoms with Crippen LogP contribution in [0.5, 0.6) is 5.75 Å². The zero-order valence-corrected chi connectivity index (χ0v) is 8.03. The first kappa shape index (κ1) is 10.6. The van der Waals surface area contributed by atoms with E-state index in [1.807, 2.05) is 0 Å². The molecule has 14 heavy (non-hydrogen) atoms. The first-order valence-electron chi connectivity index (χ1n) is 3.88. The van der Waals surface area contributed by atoms with Gasteiger partial charge in [-0.1, -0.05) is 6.07 Å². The van der Waals surface area contributed by atoms with Crippen LogP contribution in [0.25, 0.3) is 0 Å². The van der Waals surface area contributed by atoms with Gasteiger partial charge in [-0.2, -0.15) is 0 Å². The van der Waals surface area contributed by atoms with Gasteiger partial charge in [-0.05, 0) is 6.07 Å². The molecule has 1 aromatic rings. The number of hydrogen-bond acceptors (Lipinski definition) is 4. The molecule has 0 saturated heterocycles. The summed E-state index contributed by atoms with van der Waals surface area (Å²) in [5, 5.41) is 10.5. The third-order valence-corrected chi connectivity index (χ3v) is 1.73. The average molecular weight is 217 g/mol. The molecular weight excluding hydrogens is 208 g/mol. The van der Waals surface area contributed by atoms with E-state index in [1.165, 1.54) is 12.1 Å². The summed E-state index contributed by atoms with van der Waals surface area (Å²) >= 11 is 5.41. The number of nitrogens with zero attached hydrogens (tertiary/aromatic N) is 1. The molecule has 6 heteroatoms. The smallest absolute Gasteiger partial charge is 0.295 e. The minimum atomic E-state index is -0.553. The Bertz CT molecular complexity index is 343. The van der Waals surface area contributed by atoms with Gasteiger partial charge in [-0.3, -0.25) is 10.1 Å². The topological polar surface area (TPSA) is 78.4 Å². The molecule has 0 saturated carbocycles. The second-order valence-corrected chi connectivity index (χ2v) is 2.86. The summed E-state index contributed by atoms with van der Waals surface area (Å²) in [5.74, 6) is 0.599. The fourth-order valence-corrected chi connectivity index (χ4v) is 1.04. The molecule has 0 radical (unpaired) electrons. The van der Waals surface area contributed by atoms with Gasteiger partial charge >= 0.3 is 0 Å². The fraction of sp³-hybridized carbons (Fsp3) is 0.250. The van der Waals surface area contributed by atoms with Crippen LogP contribution in [-0.2, 0) is 0 Å². The lowest BCUT2D eigenvalue weighted by Crippen LogP contribution is -2.03. The van der Waals surface area contributed by atoms with Gasteiger partial charge in [-0.25, -0.2) is 0 Å². The monoisotopic (exact) mass is 216 g/mol. The standard InChI is InChI=1S/C8H9ClN2O3/c9-4-5-14-7-3-1-2-6(8(7)10)11(12)13/h1-3H,4-5,10H2. The number of hydrogen-bond donors (Lipinski definition) is 1. The van der Waals surface area contributed by atoms with Crippen LogP contribution >= 0.6 is 11.6 Å². The summed E-state index contributed by atoms with van der Waals surface area (Å²) < 4.78 is 5.12. The maximum absolute atomic E-state index is 10.5.